The molecule has 0 saturated carbocycles. The molecular formula is C21H25FN2O. The van der Waals surface area contributed by atoms with Gasteiger partial charge in [-0.15, -0.1) is 0 Å². The lowest BCUT2D eigenvalue weighted by Gasteiger charge is -2.15. The van der Waals surface area contributed by atoms with Gasteiger partial charge >= 0.3 is 0 Å². The summed E-state index contributed by atoms with van der Waals surface area (Å²) < 4.78 is 13.6. The molecule has 1 heterocycles. The van der Waals surface area contributed by atoms with Gasteiger partial charge in [-0.25, -0.2) is 4.39 Å². The Morgan fingerprint density at radius 3 is 2.60 bits per heavy atom. The largest absolute Gasteiger partial charge is 0.352 e. The first kappa shape index (κ1) is 17.6. The minimum atomic E-state index is -0.245. The van der Waals surface area contributed by atoms with Crippen LogP contribution in [-0.4, -0.2) is 23.9 Å². The summed E-state index contributed by atoms with van der Waals surface area (Å²) in [6.45, 7) is 3.85. The molecule has 2 aromatic carbocycles. The van der Waals surface area contributed by atoms with Crippen LogP contribution in [0.2, 0.25) is 0 Å². The molecular weight excluding hydrogens is 315 g/mol. The fraction of sp³-hybridized carbons (Fsp3) is 0.381. The molecule has 3 nitrogen and oxygen atoms in total. The molecule has 25 heavy (non-hydrogen) atoms. The van der Waals surface area contributed by atoms with Gasteiger partial charge in [-0.3, -0.25) is 9.69 Å². The van der Waals surface area contributed by atoms with Crippen LogP contribution >= 0.6 is 0 Å². The van der Waals surface area contributed by atoms with Crippen LogP contribution in [0.1, 0.15) is 36.0 Å². The molecule has 0 aromatic heterocycles. The SMILES string of the molecule is O=C(CCc1ccccc1F)NCc1cccc(CN2CCCC2)c1. The molecule has 4 heteroatoms. The van der Waals surface area contributed by atoms with Crippen molar-refractivity contribution < 1.29 is 9.18 Å². The number of carbonyl (C=O) groups is 1. The highest BCUT2D eigenvalue weighted by molar-refractivity contribution is 5.76. The highest BCUT2D eigenvalue weighted by Crippen LogP contribution is 2.14. The number of nitrogens with zero attached hydrogens (tertiary/aromatic N) is 1. The molecule has 1 amide bonds. The van der Waals surface area contributed by atoms with Gasteiger partial charge in [-0.2, -0.15) is 0 Å². The molecule has 1 saturated heterocycles. The Kier molecular flexibility index (Phi) is 6.18. The normalized spacial score (nSPS) is 14.6. The molecule has 0 radical (unpaired) electrons. The van der Waals surface area contributed by atoms with Gasteiger partial charge in [-0.05, 0) is 55.1 Å². The van der Waals surface area contributed by atoms with Crippen LogP contribution < -0.4 is 5.32 Å². The second kappa shape index (κ2) is 8.77. The van der Waals surface area contributed by atoms with Crippen molar-refractivity contribution in [3.63, 3.8) is 0 Å². The van der Waals surface area contributed by atoms with Gasteiger partial charge in [0, 0.05) is 19.5 Å². The fourth-order valence-corrected chi connectivity index (χ4v) is 3.28. The maximum Gasteiger partial charge on any atom is 0.220 e. The highest BCUT2D eigenvalue weighted by Gasteiger charge is 2.12. The Balaban J connectivity index is 1.46. The zero-order chi connectivity index (χ0) is 17.5. The smallest absolute Gasteiger partial charge is 0.220 e. The second-order valence-corrected chi connectivity index (χ2v) is 6.67. The van der Waals surface area contributed by atoms with Crippen LogP contribution in [0.4, 0.5) is 4.39 Å². The minimum absolute atomic E-state index is 0.0480. The third kappa shape index (κ3) is 5.40. The second-order valence-electron chi connectivity index (χ2n) is 6.67. The van der Waals surface area contributed by atoms with Crippen LogP contribution in [0.15, 0.2) is 48.5 Å². The van der Waals surface area contributed by atoms with Crippen molar-refractivity contribution in [2.24, 2.45) is 0 Å². The summed E-state index contributed by atoms with van der Waals surface area (Å²) in [5.41, 5.74) is 2.99. The number of likely N-dealkylation sites (tertiary alicyclic amines) is 1. The Bertz CT molecular complexity index is 711. The van der Waals surface area contributed by atoms with Crippen LogP contribution in [0.5, 0.6) is 0 Å². The van der Waals surface area contributed by atoms with E-state index in [2.05, 4.69) is 22.3 Å². The maximum absolute atomic E-state index is 13.6. The molecule has 0 aliphatic carbocycles. The summed E-state index contributed by atoms with van der Waals surface area (Å²) in [6.07, 6.45) is 3.30. The molecule has 1 aliphatic heterocycles. The summed E-state index contributed by atoms with van der Waals surface area (Å²) >= 11 is 0. The molecule has 0 spiro atoms. The van der Waals surface area contributed by atoms with E-state index >= 15 is 0 Å². The van der Waals surface area contributed by atoms with Crippen molar-refractivity contribution >= 4 is 5.91 Å². The Morgan fingerprint density at radius 1 is 1.04 bits per heavy atom. The van der Waals surface area contributed by atoms with E-state index in [1.54, 1.807) is 18.2 Å². The quantitative estimate of drug-likeness (QED) is 0.834. The van der Waals surface area contributed by atoms with Crippen LogP contribution in [0, 0.1) is 5.82 Å². The molecule has 0 atom stereocenters. The lowest BCUT2D eigenvalue weighted by atomic mass is 10.1. The molecule has 0 bridgehead atoms. The number of benzene rings is 2. The van der Waals surface area contributed by atoms with Crippen LogP contribution in [0.25, 0.3) is 0 Å². The molecule has 2 aromatic rings. The van der Waals surface area contributed by atoms with E-state index in [0.29, 0.717) is 24.9 Å². The third-order valence-corrected chi connectivity index (χ3v) is 4.67. The predicted octanol–water partition coefficient (Wildman–Crippen LogP) is 3.67. The van der Waals surface area contributed by atoms with Gasteiger partial charge < -0.3 is 5.32 Å². The van der Waals surface area contributed by atoms with E-state index in [9.17, 15) is 9.18 Å². The van der Waals surface area contributed by atoms with Gasteiger partial charge in [-0.1, -0.05) is 42.5 Å². The van der Waals surface area contributed by atoms with Gasteiger partial charge in [0.1, 0.15) is 5.82 Å². The topological polar surface area (TPSA) is 32.3 Å². The van der Waals surface area contributed by atoms with E-state index in [1.807, 2.05) is 12.1 Å². The Hall–Kier alpha value is -2.20. The predicted molar refractivity (Wildman–Crippen MR) is 97.5 cm³/mol. The molecule has 1 fully saturated rings. The lowest BCUT2D eigenvalue weighted by molar-refractivity contribution is -0.121. The lowest BCUT2D eigenvalue weighted by Crippen LogP contribution is -2.23. The zero-order valence-electron chi connectivity index (χ0n) is 14.5. The summed E-state index contributed by atoms with van der Waals surface area (Å²) in [7, 11) is 0. The standard InChI is InChI=1S/C21H25FN2O/c22-20-9-2-1-8-19(20)10-11-21(25)23-15-17-6-5-7-18(14-17)16-24-12-3-4-13-24/h1-2,5-9,14H,3-4,10-13,15-16H2,(H,23,25). The molecule has 1 aliphatic rings. The van der Waals surface area contributed by atoms with E-state index in [4.69, 9.17) is 0 Å². The van der Waals surface area contributed by atoms with Crippen molar-refractivity contribution in [2.75, 3.05) is 13.1 Å². The van der Waals surface area contributed by atoms with Crippen molar-refractivity contribution in [1.82, 2.24) is 10.2 Å². The zero-order valence-corrected chi connectivity index (χ0v) is 14.5. The average Bonchev–Trinajstić information content (AvgIpc) is 3.12. The van der Waals surface area contributed by atoms with Gasteiger partial charge in [0.05, 0.1) is 0 Å². The Labute approximate surface area is 148 Å². The van der Waals surface area contributed by atoms with Crippen molar-refractivity contribution in [3.05, 3.63) is 71.0 Å². The summed E-state index contributed by atoms with van der Waals surface area (Å²) in [5.74, 6) is -0.293. The van der Waals surface area contributed by atoms with Crippen LogP contribution in [0.3, 0.4) is 0 Å². The monoisotopic (exact) mass is 340 g/mol. The highest BCUT2D eigenvalue weighted by atomic mass is 19.1. The molecule has 0 unspecified atom stereocenters. The number of hydrogen-bond donors (Lipinski definition) is 1. The number of rotatable bonds is 7. The number of carbonyl (C=O) groups excluding carboxylic acids is 1. The maximum atomic E-state index is 13.6. The fourth-order valence-electron chi connectivity index (χ4n) is 3.28. The molecule has 132 valence electrons. The third-order valence-electron chi connectivity index (χ3n) is 4.67. The number of aryl methyl sites for hydroxylation is 1. The van der Waals surface area contributed by atoms with E-state index in [-0.39, 0.29) is 11.7 Å². The van der Waals surface area contributed by atoms with Gasteiger partial charge in [0.15, 0.2) is 0 Å². The van der Waals surface area contributed by atoms with Gasteiger partial charge in [0.25, 0.3) is 0 Å². The van der Waals surface area contributed by atoms with Crippen molar-refractivity contribution in [3.8, 4) is 0 Å². The Morgan fingerprint density at radius 2 is 1.80 bits per heavy atom. The number of nitrogens with one attached hydrogen (secondary N) is 1. The van der Waals surface area contributed by atoms with E-state index in [1.165, 1.54) is 37.6 Å². The van der Waals surface area contributed by atoms with Gasteiger partial charge in [0.2, 0.25) is 5.91 Å². The summed E-state index contributed by atoms with van der Waals surface area (Å²) in [4.78, 5) is 14.5. The number of halogens is 1. The minimum Gasteiger partial charge on any atom is -0.352 e. The average molecular weight is 340 g/mol. The first-order chi connectivity index (χ1) is 12.2. The first-order valence-corrected chi connectivity index (χ1v) is 9.01. The first-order valence-electron chi connectivity index (χ1n) is 9.01. The number of amides is 1. The van der Waals surface area contributed by atoms with Crippen molar-refractivity contribution in [1.29, 1.82) is 0 Å². The molecule has 3 rings (SSSR count). The summed E-state index contributed by atoms with van der Waals surface area (Å²) in [6, 6.07) is 15.0. The van der Waals surface area contributed by atoms with Crippen LogP contribution in [-0.2, 0) is 24.3 Å². The van der Waals surface area contributed by atoms with Crippen molar-refractivity contribution in [2.45, 2.75) is 38.8 Å². The molecule has 1 N–H and O–H groups in total. The van der Waals surface area contributed by atoms with E-state index < -0.39 is 0 Å². The summed E-state index contributed by atoms with van der Waals surface area (Å²) in [5, 5.41) is 2.93. The number of hydrogen-bond acceptors (Lipinski definition) is 2. The van der Waals surface area contributed by atoms with E-state index in [0.717, 1.165) is 12.1 Å².